The topological polar surface area (TPSA) is 116 Å². The molecule has 0 bridgehead atoms. The number of carbonyl (C=O) groups is 4. The Balaban J connectivity index is 0.000000243. The first kappa shape index (κ1) is 36.0. The molecule has 0 spiro atoms. The van der Waals surface area contributed by atoms with Crippen molar-refractivity contribution in [1.82, 2.24) is 0 Å². The second-order valence-electron chi connectivity index (χ2n) is 12.3. The van der Waals surface area contributed by atoms with Gasteiger partial charge in [0.15, 0.2) is 0 Å². The molecular formula is C46H31FO8. The normalized spacial score (nSPS) is 10.8. The third-order valence-corrected chi connectivity index (χ3v) is 8.97. The number of fused-ring (bicyclic) bond motifs is 4. The zero-order valence-corrected chi connectivity index (χ0v) is 29.3. The van der Waals surface area contributed by atoms with Crippen LogP contribution in [0.2, 0.25) is 0 Å². The minimum absolute atomic E-state index is 0.118. The van der Waals surface area contributed by atoms with Crippen LogP contribution in [0.3, 0.4) is 0 Å². The lowest BCUT2D eigenvalue weighted by atomic mass is 10.0. The van der Waals surface area contributed by atoms with Gasteiger partial charge in [-0.3, -0.25) is 0 Å². The molecule has 0 aliphatic heterocycles. The first-order chi connectivity index (χ1) is 26.7. The summed E-state index contributed by atoms with van der Waals surface area (Å²) in [6.07, 6.45) is 0. The fraction of sp³-hybridized carbons (Fsp3) is 0.0435. The van der Waals surface area contributed by atoms with Crippen molar-refractivity contribution >= 4 is 67.0 Å². The maximum absolute atomic E-state index is 15.1. The van der Waals surface area contributed by atoms with E-state index in [-0.39, 0.29) is 38.8 Å². The fourth-order valence-corrected chi connectivity index (χ4v) is 6.50. The van der Waals surface area contributed by atoms with Gasteiger partial charge in [-0.05, 0) is 57.4 Å². The zero-order chi connectivity index (χ0) is 38.5. The Bertz CT molecular complexity index is 2780. The summed E-state index contributed by atoms with van der Waals surface area (Å²) in [4.78, 5) is 51.1. The van der Waals surface area contributed by atoms with Crippen LogP contribution < -0.4 is 9.47 Å². The molecule has 8 nitrogen and oxygen atoms in total. The highest BCUT2D eigenvalue weighted by atomic mass is 19.1. The van der Waals surface area contributed by atoms with Gasteiger partial charge in [0.2, 0.25) is 0 Å². The molecule has 0 unspecified atom stereocenters. The van der Waals surface area contributed by atoms with E-state index >= 15 is 4.39 Å². The molecule has 0 amide bonds. The summed E-state index contributed by atoms with van der Waals surface area (Å²) >= 11 is 0. The maximum atomic E-state index is 15.1. The van der Waals surface area contributed by atoms with Crippen molar-refractivity contribution in [2.24, 2.45) is 0 Å². The Labute approximate surface area is 313 Å². The first-order valence-electron chi connectivity index (χ1n) is 17.3. The molecule has 8 rings (SSSR count). The number of hydrogen-bond donors (Lipinski definition) is 1. The summed E-state index contributed by atoms with van der Waals surface area (Å²) in [7, 11) is 0. The highest BCUT2D eigenvalue weighted by molar-refractivity contribution is 6.15. The average Bonchev–Trinajstić information content (AvgIpc) is 3.20. The van der Waals surface area contributed by atoms with E-state index in [4.69, 9.17) is 14.2 Å². The minimum atomic E-state index is -1.06. The highest BCUT2D eigenvalue weighted by Gasteiger charge is 2.26. The lowest BCUT2D eigenvalue weighted by Crippen LogP contribution is -2.17. The number of carboxylic acids is 1. The van der Waals surface area contributed by atoms with Crippen molar-refractivity contribution in [1.29, 1.82) is 0 Å². The number of halogens is 1. The smallest absolute Gasteiger partial charge is 0.350 e. The van der Waals surface area contributed by atoms with Crippen LogP contribution in [-0.2, 0) is 4.74 Å². The molecule has 0 heterocycles. The van der Waals surface area contributed by atoms with Gasteiger partial charge in [-0.2, -0.15) is 0 Å². The van der Waals surface area contributed by atoms with Crippen LogP contribution in [0.1, 0.15) is 48.4 Å². The standard InChI is InChI=1S/C33H19FO5.C13H12O3/c34-28-19-29(38-31(35)26-17-7-11-20-9-1-3-13-22(20)26)30(25-16-6-5-15-24(25)28)33(37)39-32(36)27-18-8-12-21-10-2-4-14-23(21)27;1-2-16-11-8-7-9-5-3-4-6-10(9)12(11)13(14)15/h1-19H;3-8H,2H2,1H3,(H,14,15). The summed E-state index contributed by atoms with van der Waals surface area (Å²) in [5.41, 5.74) is 0.448. The van der Waals surface area contributed by atoms with E-state index in [1.807, 2.05) is 67.6 Å². The number of aromatic carboxylic acids is 1. The molecule has 8 aromatic rings. The molecule has 0 fully saturated rings. The van der Waals surface area contributed by atoms with Gasteiger partial charge >= 0.3 is 23.9 Å². The number of benzene rings is 8. The van der Waals surface area contributed by atoms with E-state index in [1.165, 1.54) is 12.1 Å². The fourth-order valence-electron chi connectivity index (χ4n) is 6.50. The lowest BCUT2D eigenvalue weighted by molar-refractivity contribution is 0.0398. The summed E-state index contributed by atoms with van der Waals surface area (Å²) in [5.74, 6) is -4.30. The number of esters is 3. The Morgan fingerprint density at radius 1 is 0.509 bits per heavy atom. The number of rotatable bonds is 7. The van der Waals surface area contributed by atoms with Crippen molar-refractivity contribution < 1.29 is 42.9 Å². The van der Waals surface area contributed by atoms with Gasteiger partial charge in [-0.1, -0.05) is 127 Å². The largest absolute Gasteiger partial charge is 0.493 e. The second kappa shape index (κ2) is 15.7. The van der Waals surface area contributed by atoms with Crippen molar-refractivity contribution in [3.05, 3.63) is 180 Å². The Morgan fingerprint density at radius 2 is 1.00 bits per heavy atom. The van der Waals surface area contributed by atoms with Crippen LogP contribution >= 0.6 is 0 Å². The zero-order valence-electron chi connectivity index (χ0n) is 29.3. The molecule has 0 saturated heterocycles. The monoisotopic (exact) mass is 730 g/mol. The van der Waals surface area contributed by atoms with Gasteiger partial charge in [0, 0.05) is 16.8 Å². The highest BCUT2D eigenvalue weighted by Crippen LogP contribution is 2.33. The van der Waals surface area contributed by atoms with Crippen LogP contribution in [0.5, 0.6) is 11.5 Å². The molecule has 0 radical (unpaired) electrons. The van der Waals surface area contributed by atoms with E-state index < -0.39 is 29.7 Å². The molecular weight excluding hydrogens is 699 g/mol. The van der Waals surface area contributed by atoms with Crippen LogP contribution in [-0.4, -0.2) is 35.6 Å². The first-order valence-corrected chi connectivity index (χ1v) is 17.3. The summed E-state index contributed by atoms with van der Waals surface area (Å²) < 4.78 is 31.3. The van der Waals surface area contributed by atoms with Crippen LogP contribution in [0.25, 0.3) is 43.1 Å². The number of hydrogen-bond acceptors (Lipinski definition) is 7. The van der Waals surface area contributed by atoms with Gasteiger partial charge in [-0.15, -0.1) is 0 Å². The van der Waals surface area contributed by atoms with E-state index in [0.717, 1.165) is 22.2 Å². The van der Waals surface area contributed by atoms with Gasteiger partial charge in [0.05, 0.1) is 17.7 Å². The SMILES string of the molecule is CCOc1ccc2ccccc2c1C(=O)O.O=C(OC(=O)c1c(OC(=O)c2cccc3ccccc23)cc(F)c2ccccc12)c1cccc2ccccc12. The number of carbonyl (C=O) groups excluding carboxylic acids is 3. The molecule has 1 N–H and O–H groups in total. The van der Waals surface area contributed by atoms with E-state index in [9.17, 15) is 24.3 Å². The van der Waals surface area contributed by atoms with Crippen LogP contribution in [0.4, 0.5) is 4.39 Å². The Hall–Kier alpha value is -7.39. The van der Waals surface area contributed by atoms with Crippen molar-refractivity contribution in [2.75, 3.05) is 6.61 Å². The predicted molar refractivity (Wildman–Crippen MR) is 209 cm³/mol. The van der Waals surface area contributed by atoms with Gasteiger partial charge in [-0.25, -0.2) is 23.6 Å². The van der Waals surface area contributed by atoms with Crippen LogP contribution in [0.15, 0.2) is 152 Å². The van der Waals surface area contributed by atoms with Gasteiger partial charge in [0.25, 0.3) is 0 Å². The van der Waals surface area contributed by atoms with Gasteiger partial charge < -0.3 is 19.3 Å². The van der Waals surface area contributed by atoms with E-state index in [0.29, 0.717) is 28.5 Å². The Morgan fingerprint density at radius 3 is 1.58 bits per heavy atom. The van der Waals surface area contributed by atoms with E-state index in [1.54, 1.807) is 72.8 Å². The van der Waals surface area contributed by atoms with Crippen molar-refractivity contribution in [2.45, 2.75) is 6.92 Å². The lowest BCUT2D eigenvalue weighted by Gasteiger charge is -2.14. The molecule has 0 aliphatic rings. The van der Waals surface area contributed by atoms with Gasteiger partial charge in [0.1, 0.15) is 28.4 Å². The van der Waals surface area contributed by atoms with E-state index in [2.05, 4.69) is 0 Å². The predicted octanol–water partition coefficient (Wildman–Crippen LogP) is 10.4. The third kappa shape index (κ3) is 7.31. The average molecular weight is 731 g/mol. The molecule has 0 saturated carbocycles. The van der Waals surface area contributed by atoms with Crippen molar-refractivity contribution in [3.63, 3.8) is 0 Å². The third-order valence-electron chi connectivity index (χ3n) is 8.97. The summed E-state index contributed by atoms with van der Waals surface area (Å²) in [5, 5.41) is 14.0. The molecule has 8 aromatic carbocycles. The molecule has 0 atom stereocenters. The molecule has 9 heteroatoms. The minimum Gasteiger partial charge on any atom is -0.493 e. The molecule has 0 aliphatic carbocycles. The van der Waals surface area contributed by atoms with Crippen molar-refractivity contribution in [3.8, 4) is 11.5 Å². The molecule has 0 aromatic heterocycles. The second-order valence-corrected chi connectivity index (χ2v) is 12.3. The Kier molecular flexibility index (Phi) is 10.3. The summed E-state index contributed by atoms with van der Waals surface area (Å²) in [6.45, 7) is 2.29. The summed E-state index contributed by atoms with van der Waals surface area (Å²) in [6, 6.07) is 42.8. The quantitative estimate of drug-likeness (QED) is 0.0979. The molecule has 55 heavy (non-hydrogen) atoms. The molecule has 270 valence electrons. The maximum Gasteiger partial charge on any atom is 0.350 e. The number of ether oxygens (including phenoxy) is 3. The number of carboxylic acid groups (broad SMARTS) is 1. The van der Waals surface area contributed by atoms with Crippen LogP contribution in [0, 0.1) is 5.82 Å².